The van der Waals surface area contributed by atoms with Crippen LogP contribution < -0.4 is 0 Å². The van der Waals surface area contributed by atoms with Crippen molar-refractivity contribution >= 4 is 0 Å². The smallest absolute Gasteiger partial charge is 0.261 e. The molecule has 0 saturated carbocycles. The molecule has 0 aliphatic heterocycles. The van der Waals surface area contributed by atoms with Crippen molar-refractivity contribution in [2.75, 3.05) is 6.61 Å². The van der Waals surface area contributed by atoms with Gasteiger partial charge in [0.2, 0.25) is 5.82 Å². The first-order valence-electron chi connectivity index (χ1n) is 5.56. The maximum atomic E-state index is 12.9. The highest BCUT2D eigenvalue weighted by Gasteiger charge is 2.17. The zero-order chi connectivity index (χ0) is 13.1. The van der Waals surface area contributed by atoms with Gasteiger partial charge in [-0.1, -0.05) is 5.16 Å². The fourth-order valence-corrected chi connectivity index (χ4v) is 1.52. The lowest BCUT2D eigenvalue weighted by Crippen LogP contribution is -2.01. The normalized spacial score (nSPS) is 12.6. The number of aromatic hydroxyl groups is 1. The highest BCUT2D eigenvalue weighted by Crippen LogP contribution is 2.29. The van der Waals surface area contributed by atoms with Crippen LogP contribution in [0.25, 0.3) is 11.5 Å². The van der Waals surface area contributed by atoms with E-state index in [-0.39, 0.29) is 17.7 Å². The van der Waals surface area contributed by atoms with Crippen LogP contribution in [0.1, 0.15) is 25.8 Å². The minimum atomic E-state index is -0.529. The fourth-order valence-electron chi connectivity index (χ4n) is 1.52. The number of nitrogens with zero attached hydrogens (tertiary/aromatic N) is 2. The number of rotatable bonds is 4. The first-order valence-corrected chi connectivity index (χ1v) is 5.56. The Morgan fingerprint density at radius 1 is 1.50 bits per heavy atom. The van der Waals surface area contributed by atoms with Gasteiger partial charge in [-0.05, 0) is 26.0 Å². The van der Waals surface area contributed by atoms with Gasteiger partial charge >= 0.3 is 0 Å². The third kappa shape index (κ3) is 2.48. The molecule has 0 aliphatic carbocycles. The van der Waals surface area contributed by atoms with Crippen molar-refractivity contribution < 1.29 is 18.8 Å². The standard InChI is InChI=1S/C12H13FN2O3/c1-3-17-7(2)11-14-12(18-15-11)9-5-4-8(13)6-10(9)16/h4-7,16H,3H2,1-2H3. The molecule has 1 heterocycles. The predicted octanol–water partition coefficient (Wildman–Crippen LogP) is 2.68. The number of hydrogen-bond acceptors (Lipinski definition) is 5. The molecule has 5 nitrogen and oxygen atoms in total. The Balaban J connectivity index is 2.29. The Labute approximate surface area is 103 Å². The summed E-state index contributed by atoms with van der Waals surface area (Å²) in [7, 11) is 0. The predicted molar refractivity (Wildman–Crippen MR) is 61.4 cm³/mol. The second kappa shape index (κ2) is 5.14. The number of ether oxygens (including phenoxy) is 1. The van der Waals surface area contributed by atoms with Gasteiger partial charge in [0, 0.05) is 12.7 Å². The molecule has 0 saturated heterocycles. The first kappa shape index (κ1) is 12.5. The number of aromatic nitrogens is 2. The largest absolute Gasteiger partial charge is 0.507 e. The number of hydrogen-bond donors (Lipinski definition) is 1. The van der Waals surface area contributed by atoms with Gasteiger partial charge in [0.25, 0.3) is 5.89 Å². The molecule has 18 heavy (non-hydrogen) atoms. The maximum Gasteiger partial charge on any atom is 0.261 e. The molecule has 0 fully saturated rings. The maximum absolute atomic E-state index is 12.9. The van der Waals surface area contributed by atoms with E-state index in [0.717, 1.165) is 6.07 Å². The Bertz CT molecular complexity index is 542. The summed E-state index contributed by atoms with van der Waals surface area (Å²) < 4.78 is 23.2. The zero-order valence-corrected chi connectivity index (χ0v) is 10.1. The average molecular weight is 252 g/mol. The van der Waals surface area contributed by atoms with Gasteiger partial charge in [0.15, 0.2) is 0 Å². The third-order valence-electron chi connectivity index (χ3n) is 2.41. The van der Waals surface area contributed by atoms with E-state index in [4.69, 9.17) is 9.26 Å². The Morgan fingerprint density at radius 3 is 2.94 bits per heavy atom. The van der Waals surface area contributed by atoms with Crippen LogP contribution in [-0.2, 0) is 4.74 Å². The van der Waals surface area contributed by atoms with Crippen LogP contribution >= 0.6 is 0 Å². The second-order valence-corrected chi connectivity index (χ2v) is 3.72. The van der Waals surface area contributed by atoms with E-state index in [1.54, 1.807) is 6.92 Å². The van der Waals surface area contributed by atoms with Crippen molar-refractivity contribution in [1.82, 2.24) is 10.1 Å². The van der Waals surface area contributed by atoms with Gasteiger partial charge in [-0.2, -0.15) is 4.98 Å². The summed E-state index contributed by atoms with van der Waals surface area (Å²) in [6.45, 7) is 4.19. The summed E-state index contributed by atoms with van der Waals surface area (Å²) in [5.41, 5.74) is 0.291. The average Bonchev–Trinajstić information content (AvgIpc) is 2.78. The van der Waals surface area contributed by atoms with E-state index in [2.05, 4.69) is 10.1 Å². The summed E-state index contributed by atoms with van der Waals surface area (Å²) in [5, 5.41) is 13.4. The van der Waals surface area contributed by atoms with Crippen molar-refractivity contribution in [1.29, 1.82) is 0 Å². The van der Waals surface area contributed by atoms with Crippen molar-refractivity contribution in [2.45, 2.75) is 20.0 Å². The van der Waals surface area contributed by atoms with E-state index < -0.39 is 5.82 Å². The topological polar surface area (TPSA) is 68.4 Å². The van der Waals surface area contributed by atoms with Crippen LogP contribution in [0.2, 0.25) is 0 Å². The number of benzene rings is 1. The van der Waals surface area contributed by atoms with Crippen molar-refractivity contribution in [3.05, 3.63) is 29.8 Å². The molecule has 1 N–H and O–H groups in total. The summed E-state index contributed by atoms with van der Waals surface area (Å²) in [6.07, 6.45) is -0.296. The molecule has 1 unspecified atom stereocenters. The molecule has 96 valence electrons. The zero-order valence-electron chi connectivity index (χ0n) is 10.1. The third-order valence-corrected chi connectivity index (χ3v) is 2.41. The first-order chi connectivity index (χ1) is 8.61. The molecule has 2 rings (SSSR count). The summed E-state index contributed by atoms with van der Waals surface area (Å²) in [5.74, 6) is -0.252. The van der Waals surface area contributed by atoms with E-state index in [0.29, 0.717) is 18.0 Å². The number of halogens is 1. The Kier molecular flexibility index (Phi) is 3.57. The van der Waals surface area contributed by atoms with Crippen LogP contribution in [0.15, 0.2) is 22.7 Å². The van der Waals surface area contributed by atoms with Gasteiger partial charge in [0.1, 0.15) is 17.7 Å². The van der Waals surface area contributed by atoms with Crippen LogP contribution in [0.4, 0.5) is 4.39 Å². The van der Waals surface area contributed by atoms with E-state index in [1.807, 2.05) is 6.92 Å². The minimum Gasteiger partial charge on any atom is -0.507 e. The van der Waals surface area contributed by atoms with E-state index in [9.17, 15) is 9.50 Å². The number of phenols is 1. The SMILES string of the molecule is CCOC(C)c1noc(-c2ccc(F)cc2O)n1. The quantitative estimate of drug-likeness (QED) is 0.906. The van der Waals surface area contributed by atoms with E-state index in [1.165, 1.54) is 12.1 Å². The van der Waals surface area contributed by atoms with Gasteiger partial charge in [-0.3, -0.25) is 0 Å². The highest BCUT2D eigenvalue weighted by atomic mass is 19.1. The van der Waals surface area contributed by atoms with Gasteiger partial charge in [-0.25, -0.2) is 4.39 Å². The molecular formula is C12H13FN2O3. The molecule has 0 aliphatic rings. The molecule has 0 amide bonds. The fraction of sp³-hybridized carbons (Fsp3) is 0.333. The Morgan fingerprint density at radius 2 is 2.28 bits per heavy atom. The highest BCUT2D eigenvalue weighted by molar-refractivity contribution is 5.61. The minimum absolute atomic E-state index is 0.133. The van der Waals surface area contributed by atoms with Crippen molar-refractivity contribution in [3.8, 4) is 17.2 Å². The molecule has 0 radical (unpaired) electrons. The van der Waals surface area contributed by atoms with Crippen LogP contribution in [0.3, 0.4) is 0 Å². The molecule has 0 bridgehead atoms. The monoisotopic (exact) mass is 252 g/mol. The van der Waals surface area contributed by atoms with Crippen molar-refractivity contribution in [3.63, 3.8) is 0 Å². The molecule has 2 aromatic rings. The van der Waals surface area contributed by atoms with Gasteiger partial charge < -0.3 is 14.4 Å². The summed E-state index contributed by atoms with van der Waals surface area (Å²) in [6, 6.07) is 3.59. The number of phenolic OH excluding ortho intramolecular Hbond substituents is 1. The Hall–Kier alpha value is -1.95. The van der Waals surface area contributed by atoms with Gasteiger partial charge in [-0.15, -0.1) is 0 Å². The molecule has 1 atom stereocenters. The van der Waals surface area contributed by atoms with Crippen LogP contribution in [0.5, 0.6) is 5.75 Å². The second-order valence-electron chi connectivity index (χ2n) is 3.72. The lowest BCUT2D eigenvalue weighted by molar-refractivity contribution is 0.0683. The van der Waals surface area contributed by atoms with E-state index >= 15 is 0 Å². The summed E-state index contributed by atoms with van der Waals surface area (Å²) in [4.78, 5) is 4.10. The molecule has 6 heteroatoms. The van der Waals surface area contributed by atoms with Crippen LogP contribution in [-0.4, -0.2) is 21.9 Å². The van der Waals surface area contributed by atoms with Crippen LogP contribution in [0, 0.1) is 5.82 Å². The molecule has 1 aromatic heterocycles. The van der Waals surface area contributed by atoms with Crippen molar-refractivity contribution in [2.24, 2.45) is 0 Å². The lowest BCUT2D eigenvalue weighted by Gasteiger charge is -2.04. The molecule has 0 spiro atoms. The molecular weight excluding hydrogens is 239 g/mol. The summed E-state index contributed by atoms with van der Waals surface area (Å²) >= 11 is 0. The lowest BCUT2D eigenvalue weighted by atomic mass is 10.2. The molecule has 1 aromatic carbocycles. The van der Waals surface area contributed by atoms with Gasteiger partial charge in [0.05, 0.1) is 5.56 Å².